The summed E-state index contributed by atoms with van der Waals surface area (Å²) in [5.74, 6) is 0.449. The number of hydrogen-bond donors (Lipinski definition) is 0. The van der Waals surface area contributed by atoms with Gasteiger partial charge in [0.25, 0.3) is 0 Å². The monoisotopic (exact) mass is 279 g/mol. The molecule has 1 saturated heterocycles. The van der Waals surface area contributed by atoms with Crippen molar-refractivity contribution in [2.24, 2.45) is 0 Å². The Kier molecular flexibility index (Phi) is 4.30. The Labute approximate surface area is 110 Å². The maximum atomic E-state index is 6.01. The van der Waals surface area contributed by atoms with Crippen LogP contribution < -0.4 is 4.90 Å². The van der Waals surface area contributed by atoms with Crippen molar-refractivity contribution in [3.8, 4) is 0 Å². The molecular formula is C10H15Cl2N3S. The second-order valence-corrected chi connectivity index (χ2v) is 5.68. The molecule has 1 aliphatic rings. The number of thiazole rings is 1. The average molecular weight is 280 g/mol. The lowest BCUT2D eigenvalue weighted by molar-refractivity contribution is 0.360. The lowest BCUT2D eigenvalue weighted by atomic mass is 10.4. The van der Waals surface area contributed by atoms with E-state index in [1.54, 1.807) is 11.3 Å². The van der Waals surface area contributed by atoms with Crippen LogP contribution in [0, 0.1) is 0 Å². The summed E-state index contributed by atoms with van der Waals surface area (Å²) in [7, 11) is 2.16. The second-order valence-electron chi connectivity index (χ2n) is 3.99. The van der Waals surface area contributed by atoms with E-state index in [9.17, 15) is 0 Å². The molecule has 0 aromatic carbocycles. The summed E-state index contributed by atoms with van der Waals surface area (Å²) in [6, 6.07) is 0. The Morgan fingerprint density at radius 2 is 2.12 bits per heavy atom. The van der Waals surface area contributed by atoms with Gasteiger partial charge >= 0.3 is 0 Å². The van der Waals surface area contributed by atoms with Gasteiger partial charge in [0.1, 0.15) is 5.15 Å². The Balaban J connectivity index is 2.10. The molecule has 0 amide bonds. The van der Waals surface area contributed by atoms with Crippen LogP contribution in [0.15, 0.2) is 0 Å². The third-order valence-corrected chi connectivity index (χ3v) is 4.72. The summed E-state index contributed by atoms with van der Waals surface area (Å²) in [6.45, 7) is 4.29. The van der Waals surface area contributed by atoms with Crippen molar-refractivity contribution in [2.75, 3.05) is 38.1 Å². The minimum Gasteiger partial charge on any atom is -0.347 e. The Hall–Kier alpha value is -0.0300. The van der Waals surface area contributed by atoms with Gasteiger partial charge in [-0.25, -0.2) is 4.98 Å². The number of alkyl halides is 1. The fourth-order valence-corrected chi connectivity index (χ4v) is 3.30. The highest BCUT2D eigenvalue weighted by Gasteiger charge is 2.17. The molecule has 0 saturated carbocycles. The van der Waals surface area contributed by atoms with Crippen LogP contribution in [0.25, 0.3) is 0 Å². The molecule has 1 aromatic rings. The van der Waals surface area contributed by atoms with Crippen LogP contribution in [0.5, 0.6) is 0 Å². The number of halogens is 2. The first kappa shape index (κ1) is 12.4. The number of hydrogen-bond acceptors (Lipinski definition) is 4. The number of likely N-dealkylation sites (N-methyl/N-ethyl adjacent to an activating group) is 1. The van der Waals surface area contributed by atoms with Crippen LogP contribution in [-0.2, 0) is 5.88 Å². The molecule has 2 rings (SSSR count). The topological polar surface area (TPSA) is 19.4 Å². The first-order chi connectivity index (χ1) is 7.70. The van der Waals surface area contributed by atoms with Gasteiger partial charge in [-0.2, -0.15) is 0 Å². The van der Waals surface area contributed by atoms with Crippen LogP contribution in [0.4, 0.5) is 5.13 Å². The smallest absolute Gasteiger partial charge is 0.187 e. The summed E-state index contributed by atoms with van der Waals surface area (Å²) >= 11 is 13.4. The SMILES string of the molecule is CN1CCCN(c2nc(Cl)c(CCl)s2)CC1. The normalized spacial score (nSPS) is 18.8. The quantitative estimate of drug-likeness (QED) is 0.776. The maximum Gasteiger partial charge on any atom is 0.187 e. The van der Waals surface area contributed by atoms with E-state index < -0.39 is 0 Å². The van der Waals surface area contributed by atoms with Gasteiger partial charge in [0.15, 0.2) is 5.13 Å². The minimum atomic E-state index is 0.449. The van der Waals surface area contributed by atoms with E-state index >= 15 is 0 Å². The van der Waals surface area contributed by atoms with Crippen LogP contribution in [0.3, 0.4) is 0 Å². The zero-order chi connectivity index (χ0) is 11.5. The fourth-order valence-electron chi connectivity index (χ4n) is 1.78. The molecule has 0 N–H and O–H groups in total. The van der Waals surface area contributed by atoms with Crippen molar-refractivity contribution in [3.05, 3.63) is 10.0 Å². The highest BCUT2D eigenvalue weighted by atomic mass is 35.5. The van der Waals surface area contributed by atoms with Crippen molar-refractivity contribution in [1.82, 2.24) is 9.88 Å². The fraction of sp³-hybridized carbons (Fsp3) is 0.700. The largest absolute Gasteiger partial charge is 0.347 e. The van der Waals surface area contributed by atoms with Crippen LogP contribution in [-0.4, -0.2) is 43.1 Å². The summed E-state index contributed by atoms with van der Waals surface area (Å²) in [5, 5.41) is 1.57. The number of anilines is 1. The average Bonchev–Trinajstić information content (AvgIpc) is 2.50. The maximum absolute atomic E-state index is 6.01. The molecule has 16 heavy (non-hydrogen) atoms. The molecular weight excluding hydrogens is 265 g/mol. The first-order valence-electron chi connectivity index (χ1n) is 5.35. The molecule has 0 atom stereocenters. The van der Waals surface area contributed by atoms with E-state index in [-0.39, 0.29) is 0 Å². The lowest BCUT2D eigenvalue weighted by Crippen LogP contribution is -2.28. The number of nitrogens with zero attached hydrogens (tertiary/aromatic N) is 3. The predicted octanol–water partition coefficient (Wildman–Crippen LogP) is 2.68. The van der Waals surface area contributed by atoms with Gasteiger partial charge in [0.2, 0.25) is 0 Å². The molecule has 0 aliphatic carbocycles. The standard InChI is InChI=1S/C10H15Cl2N3S/c1-14-3-2-4-15(6-5-14)10-13-9(12)8(7-11)16-10/h2-7H2,1H3. The molecule has 3 nitrogen and oxygen atoms in total. The Bertz CT molecular complexity index is 356. The van der Waals surface area contributed by atoms with Crippen LogP contribution >= 0.6 is 34.5 Å². The predicted molar refractivity (Wildman–Crippen MR) is 71.0 cm³/mol. The zero-order valence-electron chi connectivity index (χ0n) is 9.25. The minimum absolute atomic E-state index is 0.449. The van der Waals surface area contributed by atoms with Gasteiger partial charge < -0.3 is 9.80 Å². The molecule has 0 bridgehead atoms. The van der Waals surface area contributed by atoms with Crippen molar-refractivity contribution in [2.45, 2.75) is 12.3 Å². The van der Waals surface area contributed by atoms with Gasteiger partial charge in [0, 0.05) is 19.6 Å². The molecule has 6 heteroatoms. The van der Waals surface area contributed by atoms with E-state index in [0.29, 0.717) is 11.0 Å². The van der Waals surface area contributed by atoms with E-state index in [1.807, 2.05) is 0 Å². The van der Waals surface area contributed by atoms with E-state index in [4.69, 9.17) is 23.2 Å². The molecule has 2 heterocycles. The molecule has 0 spiro atoms. The summed E-state index contributed by atoms with van der Waals surface area (Å²) in [6.07, 6.45) is 1.17. The second kappa shape index (κ2) is 5.54. The molecule has 1 aliphatic heterocycles. The molecule has 90 valence electrons. The van der Waals surface area contributed by atoms with E-state index in [2.05, 4.69) is 21.8 Å². The van der Waals surface area contributed by atoms with Gasteiger partial charge in [-0.1, -0.05) is 22.9 Å². The third-order valence-electron chi connectivity index (χ3n) is 2.75. The highest BCUT2D eigenvalue weighted by Crippen LogP contribution is 2.31. The summed E-state index contributed by atoms with van der Waals surface area (Å²) in [4.78, 5) is 9.99. The van der Waals surface area contributed by atoms with Gasteiger partial charge in [-0.3, -0.25) is 0 Å². The Morgan fingerprint density at radius 3 is 2.81 bits per heavy atom. The van der Waals surface area contributed by atoms with Crippen LogP contribution in [0.1, 0.15) is 11.3 Å². The van der Waals surface area contributed by atoms with Gasteiger partial charge in [0.05, 0.1) is 10.8 Å². The molecule has 1 fully saturated rings. The first-order valence-corrected chi connectivity index (χ1v) is 7.08. The zero-order valence-corrected chi connectivity index (χ0v) is 11.6. The summed E-state index contributed by atoms with van der Waals surface area (Å²) < 4.78 is 0. The number of aromatic nitrogens is 1. The van der Waals surface area contributed by atoms with Gasteiger partial charge in [-0.05, 0) is 20.0 Å². The molecule has 1 aromatic heterocycles. The van der Waals surface area contributed by atoms with Crippen molar-refractivity contribution in [3.63, 3.8) is 0 Å². The van der Waals surface area contributed by atoms with Gasteiger partial charge in [-0.15, -0.1) is 11.6 Å². The van der Waals surface area contributed by atoms with Crippen molar-refractivity contribution < 1.29 is 0 Å². The molecule has 0 radical (unpaired) electrons. The highest BCUT2D eigenvalue weighted by molar-refractivity contribution is 7.16. The van der Waals surface area contributed by atoms with E-state index in [0.717, 1.165) is 36.2 Å². The van der Waals surface area contributed by atoms with Crippen molar-refractivity contribution in [1.29, 1.82) is 0 Å². The Morgan fingerprint density at radius 1 is 1.31 bits per heavy atom. The van der Waals surface area contributed by atoms with Crippen LogP contribution in [0.2, 0.25) is 5.15 Å². The third kappa shape index (κ3) is 2.80. The van der Waals surface area contributed by atoms with E-state index in [1.165, 1.54) is 6.42 Å². The summed E-state index contributed by atoms with van der Waals surface area (Å²) in [5.41, 5.74) is 0. The molecule has 0 unspecified atom stereocenters. The number of rotatable bonds is 2. The van der Waals surface area contributed by atoms with Crippen molar-refractivity contribution >= 4 is 39.7 Å². The lowest BCUT2D eigenvalue weighted by Gasteiger charge is -2.18.